The molecule has 4 rings (SSSR count). The minimum Gasteiger partial charge on any atom is -0.444 e. The van der Waals surface area contributed by atoms with E-state index in [1.54, 1.807) is 20.8 Å². The van der Waals surface area contributed by atoms with Crippen molar-refractivity contribution in [2.24, 2.45) is 5.41 Å². The maximum atomic E-state index is 13.1. The lowest BCUT2D eigenvalue weighted by molar-refractivity contribution is -0.153. The average molecular weight is 488 g/mol. The van der Waals surface area contributed by atoms with E-state index in [1.165, 1.54) is 9.96 Å². The third-order valence-corrected chi connectivity index (χ3v) is 6.52. The van der Waals surface area contributed by atoms with Crippen LogP contribution < -0.4 is 16.2 Å². The van der Waals surface area contributed by atoms with Crippen molar-refractivity contribution in [1.29, 1.82) is 0 Å². The summed E-state index contributed by atoms with van der Waals surface area (Å²) in [6.07, 6.45) is 1.72. The standard InChI is InChI=1S/C24H33N5O6/c1-23(2,3)35-21(32)25-12-9-19(30)26-27-20(31)17-13-24(10-11-24)18-14-28(17)22(33)29(18)34-15-16-7-5-4-6-8-16/h4-8,17-18H,9-15H2,1-3H3,(H,25,32)(H,26,30)(H,27,31)/t17-,18+/m0/s1. The number of hydroxylamine groups is 2. The molecule has 3 aliphatic rings. The topological polar surface area (TPSA) is 129 Å². The molecule has 35 heavy (non-hydrogen) atoms. The molecule has 11 heteroatoms. The summed E-state index contributed by atoms with van der Waals surface area (Å²) in [5.74, 6) is -0.911. The van der Waals surface area contributed by atoms with Gasteiger partial charge in [0, 0.05) is 19.5 Å². The molecule has 1 aromatic carbocycles. The molecule has 3 fully saturated rings. The van der Waals surface area contributed by atoms with Crippen molar-refractivity contribution < 1.29 is 28.8 Å². The number of rotatable bonds is 7. The fourth-order valence-electron chi connectivity index (χ4n) is 4.60. The summed E-state index contributed by atoms with van der Waals surface area (Å²) in [5, 5.41) is 3.93. The second kappa shape index (κ2) is 9.73. The van der Waals surface area contributed by atoms with Gasteiger partial charge >= 0.3 is 12.1 Å². The maximum absolute atomic E-state index is 13.1. The Morgan fingerprint density at radius 3 is 2.49 bits per heavy atom. The van der Waals surface area contributed by atoms with E-state index >= 15 is 0 Å². The molecule has 2 atom stereocenters. The average Bonchev–Trinajstić information content (AvgIpc) is 3.51. The molecule has 2 saturated heterocycles. The number of ether oxygens (including phenoxy) is 1. The lowest BCUT2D eigenvalue weighted by Crippen LogP contribution is -2.56. The number of fused-ring (bicyclic) bond motifs is 3. The number of hydrogen-bond acceptors (Lipinski definition) is 6. The van der Waals surface area contributed by atoms with Crippen molar-refractivity contribution in [3.05, 3.63) is 35.9 Å². The molecule has 0 aromatic heterocycles. The Morgan fingerprint density at radius 2 is 1.83 bits per heavy atom. The molecular formula is C24H33N5O6. The highest BCUT2D eigenvalue weighted by molar-refractivity contribution is 5.90. The summed E-state index contributed by atoms with van der Waals surface area (Å²) < 4.78 is 5.11. The first-order valence-electron chi connectivity index (χ1n) is 11.9. The van der Waals surface area contributed by atoms with Crippen LogP contribution in [0.15, 0.2) is 30.3 Å². The molecule has 3 N–H and O–H groups in total. The van der Waals surface area contributed by atoms with E-state index in [0.29, 0.717) is 13.0 Å². The summed E-state index contributed by atoms with van der Waals surface area (Å²) >= 11 is 0. The fourth-order valence-corrected chi connectivity index (χ4v) is 4.60. The molecule has 2 aliphatic heterocycles. The number of hydrazine groups is 1. The molecule has 1 aromatic rings. The summed E-state index contributed by atoms with van der Waals surface area (Å²) in [5.41, 5.74) is 4.99. The molecule has 2 bridgehead atoms. The van der Waals surface area contributed by atoms with Gasteiger partial charge in [-0.1, -0.05) is 30.3 Å². The van der Waals surface area contributed by atoms with Gasteiger partial charge in [0.25, 0.3) is 5.91 Å². The molecule has 190 valence electrons. The minimum atomic E-state index is -0.688. The Labute approximate surface area is 204 Å². The van der Waals surface area contributed by atoms with Gasteiger partial charge in [0.2, 0.25) is 5.91 Å². The zero-order chi connectivity index (χ0) is 25.2. The predicted molar refractivity (Wildman–Crippen MR) is 124 cm³/mol. The van der Waals surface area contributed by atoms with Crippen LogP contribution in [-0.2, 0) is 25.8 Å². The summed E-state index contributed by atoms with van der Waals surface area (Å²) in [4.78, 5) is 57.2. The van der Waals surface area contributed by atoms with Crippen molar-refractivity contribution in [2.45, 2.75) is 70.7 Å². The van der Waals surface area contributed by atoms with Crippen molar-refractivity contribution in [1.82, 2.24) is 26.1 Å². The molecule has 5 amide bonds. The second-order valence-electron chi connectivity index (χ2n) is 10.3. The maximum Gasteiger partial charge on any atom is 0.407 e. The van der Waals surface area contributed by atoms with Crippen LogP contribution >= 0.6 is 0 Å². The van der Waals surface area contributed by atoms with E-state index in [9.17, 15) is 19.2 Å². The van der Waals surface area contributed by atoms with Crippen molar-refractivity contribution >= 4 is 23.9 Å². The number of alkyl carbamates (subject to hydrolysis) is 1. The van der Waals surface area contributed by atoms with Crippen LogP contribution in [0.1, 0.15) is 52.0 Å². The molecule has 0 radical (unpaired) electrons. The largest absolute Gasteiger partial charge is 0.444 e. The Hall–Kier alpha value is -3.34. The van der Waals surface area contributed by atoms with E-state index in [1.807, 2.05) is 30.3 Å². The third-order valence-electron chi connectivity index (χ3n) is 6.52. The third kappa shape index (κ3) is 5.84. The summed E-state index contributed by atoms with van der Waals surface area (Å²) in [6, 6.07) is 8.50. The molecule has 11 nitrogen and oxygen atoms in total. The predicted octanol–water partition coefficient (Wildman–Crippen LogP) is 1.84. The SMILES string of the molecule is CC(C)(C)OC(=O)NCCC(=O)NNC(=O)[C@@H]1CC2(CC2)[C@H]2CN1C(=O)N2OCc1ccccc1. The van der Waals surface area contributed by atoms with Crippen molar-refractivity contribution in [2.75, 3.05) is 13.1 Å². The van der Waals surface area contributed by atoms with Gasteiger partial charge in [-0.3, -0.25) is 25.3 Å². The first-order chi connectivity index (χ1) is 16.6. The first-order valence-corrected chi connectivity index (χ1v) is 11.9. The van der Waals surface area contributed by atoms with E-state index in [0.717, 1.165) is 18.4 Å². The fraction of sp³-hybridized carbons (Fsp3) is 0.583. The van der Waals surface area contributed by atoms with Gasteiger partial charge in [-0.15, -0.1) is 0 Å². The second-order valence-corrected chi connectivity index (χ2v) is 10.3. The van der Waals surface area contributed by atoms with Crippen LogP contribution in [0.2, 0.25) is 0 Å². The van der Waals surface area contributed by atoms with Crippen LogP contribution in [0.3, 0.4) is 0 Å². The van der Waals surface area contributed by atoms with E-state index in [4.69, 9.17) is 9.57 Å². The Kier molecular flexibility index (Phi) is 6.88. The number of nitrogens with zero attached hydrogens (tertiary/aromatic N) is 2. The monoisotopic (exact) mass is 487 g/mol. The highest BCUT2D eigenvalue weighted by Crippen LogP contribution is 2.59. The highest BCUT2D eigenvalue weighted by atomic mass is 16.7. The van der Waals surface area contributed by atoms with Crippen LogP contribution in [0, 0.1) is 5.41 Å². The number of carbonyl (C=O) groups is 4. The zero-order valence-corrected chi connectivity index (χ0v) is 20.3. The van der Waals surface area contributed by atoms with Gasteiger partial charge in [-0.2, -0.15) is 5.06 Å². The zero-order valence-electron chi connectivity index (χ0n) is 20.3. The minimum absolute atomic E-state index is 0.0417. The van der Waals surface area contributed by atoms with Gasteiger partial charge in [-0.25, -0.2) is 9.59 Å². The first kappa shape index (κ1) is 24.8. The molecule has 1 aliphatic carbocycles. The summed E-state index contributed by atoms with van der Waals surface area (Å²) in [6.45, 7) is 5.98. The number of hydrogen-bond donors (Lipinski definition) is 3. The Balaban J connectivity index is 1.26. The van der Waals surface area contributed by atoms with Crippen LogP contribution in [0.25, 0.3) is 0 Å². The number of nitrogens with one attached hydrogen (secondary N) is 3. The number of carbonyl (C=O) groups excluding carboxylic acids is 4. The number of piperidine rings is 1. The van der Waals surface area contributed by atoms with Crippen LogP contribution in [0.4, 0.5) is 9.59 Å². The molecule has 1 saturated carbocycles. The van der Waals surface area contributed by atoms with Crippen molar-refractivity contribution in [3.63, 3.8) is 0 Å². The number of urea groups is 1. The molecular weight excluding hydrogens is 454 g/mol. The molecule has 0 unspecified atom stereocenters. The Morgan fingerprint density at radius 1 is 1.11 bits per heavy atom. The quantitative estimate of drug-likeness (QED) is 0.504. The lowest BCUT2D eigenvalue weighted by atomic mass is 9.85. The highest BCUT2D eigenvalue weighted by Gasteiger charge is 2.64. The Bertz CT molecular complexity index is 974. The van der Waals surface area contributed by atoms with Crippen LogP contribution in [0.5, 0.6) is 0 Å². The van der Waals surface area contributed by atoms with Gasteiger partial charge < -0.3 is 15.0 Å². The summed E-state index contributed by atoms with van der Waals surface area (Å²) in [7, 11) is 0. The normalized spacial score (nSPS) is 22.1. The van der Waals surface area contributed by atoms with E-state index in [2.05, 4.69) is 16.2 Å². The van der Waals surface area contributed by atoms with Crippen molar-refractivity contribution in [3.8, 4) is 0 Å². The van der Waals surface area contributed by atoms with E-state index in [-0.39, 0.29) is 37.1 Å². The lowest BCUT2D eigenvalue weighted by Gasteiger charge is -2.35. The van der Waals surface area contributed by atoms with E-state index < -0.39 is 29.6 Å². The van der Waals surface area contributed by atoms with Crippen LogP contribution in [-0.4, -0.2) is 64.7 Å². The van der Waals surface area contributed by atoms with Gasteiger partial charge in [0.15, 0.2) is 0 Å². The molecule has 1 spiro atoms. The smallest absolute Gasteiger partial charge is 0.407 e. The number of amides is 5. The number of benzene rings is 1. The molecule has 2 heterocycles. The van der Waals surface area contributed by atoms with Gasteiger partial charge in [0.1, 0.15) is 18.2 Å². The van der Waals surface area contributed by atoms with Gasteiger partial charge in [-0.05, 0) is 51.0 Å². The van der Waals surface area contributed by atoms with Gasteiger partial charge in [0.05, 0.1) is 6.04 Å².